The Bertz CT molecular complexity index is 1470. The first kappa shape index (κ1) is 25.4. The molecule has 2 aromatic heterocycles. The summed E-state index contributed by atoms with van der Waals surface area (Å²) in [5.74, 6) is -0.367. The van der Waals surface area contributed by atoms with E-state index in [1.165, 1.54) is 6.20 Å². The summed E-state index contributed by atoms with van der Waals surface area (Å²) in [5, 5.41) is 15.9. The number of amides is 1. The van der Waals surface area contributed by atoms with Crippen molar-refractivity contribution < 1.29 is 23.8 Å². The van der Waals surface area contributed by atoms with Crippen LogP contribution >= 0.6 is 0 Å². The number of rotatable bonds is 6. The quantitative estimate of drug-likeness (QED) is 0.315. The van der Waals surface area contributed by atoms with Crippen molar-refractivity contribution in [1.82, 2.24) is 9.78 Å². The molecular weight excluding hydrogens is 494 g/mol. The number of nitrogens with zero attached hydrogens (tertiary/aromatic N) is 3. The topological polar surface area (TPSA) is 97.8 Å². The van der Waals surface area contributed by atoms with Gasteiger partial charge in [-0.3, -0.25) is 9.69 Å². The largest absolute Gasteiger partial charge is 0.477 e. The standard InChI is InChI=1S/C31H33N3O5/c1-20-2-4-22(5-3-20)30(35)34(26-13-15-38-16-14-26)29-27(31(36)37)19-33(32-29)25-9-6-21(7-10-25)23-8-11-28-24(18-23)12-17-39-28/h6-12,17-20,22,26H,2-5,13-16H2,1H3,(H,36,37). The number of aromatic carboxylic acids is 1. The van der Waals surface area contributed by atoms with E-state index in [4.69, 9.17) is 14.3 Å². The van der Waals surface area contributed by atoms with Crippen LogP contribution in [0.2, 0.25) is 0 Å². The molecule has 2 aromatic carbocycles. The van der Waals surface area contributed by atoms with Crippen molar-refractivity contribution in [3.05, 3.63) is 66.6 Å². The summed E-state index contributed by atoms with van der Waals surface area (Å²) in [6.07, 6.45) is 8.20. The van der Waals surface area contributed by atoms with Crippen LogP contribution in [0.3, 0.4) is 0 Å². The van der Waals surface area contributed by atoms with Gasteiger partial charge in [0.2, 0.25) is 5.91 Å². The minimum atomic E-state index is -1.09. The van der Waals surface area contributed by atoms with Crippen LogP contribution in [0.4, 0.5) is 5.82 Å². The van der Waals surface area contributed by atoms with Crippen molar-refractivity contribution in [2.75, 3.05) is 18.1 Å². The molecule has 2 aliphatic rings. The zero-order valence-corrected chi connectivity index (χ0v) is 22.1. The summed E-state index contributed by atoms with van der Waals surface area (Å²) in [6.45, 7) is 3.32. The van der Waals surface area contributed by atoms with Crippen LogP contribution in [0.15, 0.2) is 65.4 Å². The molecule has 39 heavy (non-hydrogen) atoms. The number of carbonyl (C=O) groups is 2. The second-order valence-corrected chi connectivity index (χ2v) is 10.8. The minimum absolute atomic E-state index is 0.00784. The number of furan rings is 1. The second kappa shape index (κ2) is 10.7. The second-order valence-electron chi connectivity index (χ2n) is 10.8. The fourth-order valence-corrected chi connectivity index (χ4v) is 5.88. The van der Waals surface area contributed by atoms with Gasteiger partial charge in [-0.1, -0.05) is 25.1 Å². The van der Waals surface area contributed by atoms with Crippen molar-refractivity contribution >= 4 is 28.7 Å². The number of ether oxygens (including phenoxy) is 1. The van der Waals surface area contributed by atoms with Gasteiger partial charge in [-0.15, -0.1) is 5.10 Å². The summed E-state index contributed by atoms with van der Waals surface area (Å²) >= 11 is 0. The first-order valence-corrected chi connectivity index (χ1v) is 13.8. The number of hydrogen-bond donors (Lipinski definition) is 1. The number of aromatic nitrogens is 2. The van der Waals surface area contributed by atoms with Gasteiger partial charge >= 0.3 is 5.97 Å². The third kappa shape index (κ3) is 5.08. The smallest absolute Gasteiger partial charge is 0.341 e. The molecule has 1 N–H and O–H groups in total. The van der Waals surface area contributed by atoms with Crippen LogP contribution in [-0.2, 0) is 9.53 Å². The lowest BCUT2D eigenvalue weighted by molar-refractivity contribution is -0.124. The van der Waals surface area contributed by atoms with Gasteiger partial charge in [0.1, 0.15) is 11.1 Å². The normalized spacial score (nSPS) is 20.2. The average Bonchev–Trinajstić information content (AvgIpc) is 3.62. The van der Waals surface area contributed by atoms with Crippen LogP contribution in [0.5, 0.6) is 0 Å². The Morgan fingerprint density at radius 2 is 1.67 bits per heavy atom. The van der Waals surface area contributed by atoms with Gasteiger partial charge in [0.15, 0.2) is 5.82 Å². The number of carboxylic acid groups (broad SMARTS) is 1. The molecule has 0 radical (unpaired) electrons. The summed E-state index contributed by atoms with van der Waals surface area (Å²) in [6, 6.07) is 15.7. The van der Waals surface area contributed by atoms with E-state index >= 15 is 0 Å². The first-order chi connectivity index (χ1) is 19.0. The van der Waals surface area contributed by atoms with Gasteiger partial charge in [0.25, 0.3) is 0 Å². The molecule has 1 aliphatic heterocycles. The molecule has 0 unspecified atom stereocenters. The summed E-state index contributed by atoms with van der Waals surface area (Å²) in [7, 11) is 0. The molecule has 2 fully saturated rings. The zero-order valence-electron chi connectivity index (χ0n) is 22.1. The zero-order chi connectivity index (χ0) is 26.9. The number of carboxylic acids is 1. The lowest BCUT2D eigenvalue weighted by Crippen LogP contribution is -2.47. The molecule has 3 heterocycles. The van der Waals surface area contributed by atoms with Crippen molar-refractivity contribution in [2.24, 2.45) is 11.8 Å². The predicted molar refractivity (Wildman–Crippen MR) is 148 cm³/mol. The van der Waals surface area contributed by atoms with E-state index in [0.29, 0.717) is 32.0 Å². The van der Waals surface area contributed by atoms with E-state index in [2.05, 4.69) is 13.0 Å². The Hall–Kier alpha value is -3.91. The highest BCUT2D eigenvalue weighted by Crippen LogP contribution is 2.34. The lowest BCUT2D eigenvalue weighted by atomic mass is 9.82. The van der Waals surface area contributed by atoms with Gasteiger partial charge in [-0.25, -0.2) is 9.48 Å². The molecule has 1 saturated carbocycles. The third-order valence-electron chi connectivity index (χ3n) is 8.23. The molecule has 1 saturated heterocycles. The Morgan fingerprint density at radius 3 is 2.38 bits per heavy atom. The SMILES string of the molecule is CC1CCC(C(=O)N(c2nn(-c3ccc(-c4ccc5occc5c4)cc3)cc2C(=O)O)C2CCOCC2)CC1. The summed E-state index contributed by atoms with van der Waals surface area (Å²) in [5.41, 5.74) is 3.68. The molecule has 0 bridgehead atoms. The van der Waals surface area contributed by atoms with Crippen LogP contribution < -0.4 is 4.90 Å². The third-order valence-corrected chi connectivity index (χ3v) is 8.23. The summed E-state index contributed by atoms with van der Waals surface area (Å²) < 4.78 is 12.6. The van der Waals surface area contributed by atoms with Gasteiger partial charge in [-0.2, -0.15) is 0 Å². The maximum atomic E-state index is 13.9. The van der Waals surface area contributed by atoms with Gasteiger partial charge in [0, 0.05) is 36.8 Å². The molecule has 1 amide bonds. The van der Waals surface area contributed by atoms with Crippen LogP contribution in [-0.4, -0.2) is 46.0 Å². The first-order valence-electron chi connectivity index (χ1n) is 13.8. The van der Waals surface area contributed by atoms with Gasteiger partial charge < -0.3 is 14.3 Å². The Balaban J connectivity index is 1.33. The fourth-order valence-electron chi connectivity index (χ4n) is 5.88. The molecule has 6 rings (SSSR count). The van der Waals surface area contributed by atoms with Crippen molar-refractivity contribution in [3.63, 3.8) is 0 Å². The van der Waals surface area contributed by atoms with E-state index in [1.54, 1.807) is 15.8 Å². The maximum Gasteiger partial charge on any atom is 0.341 e. The number of carbonyl (C=O) groups excluding carboxylic acids is 1. The van der Waals surface area contributed by atoms with E-state index in [-0.39, 0.29) is 29.2 Å². The van der Waals surface area contributed by atoms with Crippen molar-refractivity contribution in [2.45, 2.75) is 51.5 Å². The van der Waals surface area contributed by atoms with E-state index in [9.17, 15) is 14.7 Å². The Labute approximate surface area is 227 Å². The molecule has 0 atom stereocenters. The highest BCUT2D eigenvalue weighted by atomic mass is 16.5. The highest BCUT2D eigenvalue weighted by Gasteiger charge is 2.37. The van der Waals surface area contributed by atoms with Gasteiger partial charge in [-0.05, 0) is 85.9 Å². The minimum Gasteiger partial charge on any atom is -0.477 e. The van der Waals surface area contributed by atoms with Crippen LogP contribution in [0.1, 0.15) is 55.8 Å². The lowest BCUT2D eigenvalue weighted by Gasteiger charge is -2.37. The molecular formula is C31H33N3O5. The molecule has 0 spiro atoms. The van der Waals surface area contributed by atoms with Crippen molar-refractivity contribution in [3.8, 4) is 16.8 Å². The molecule has 202 valence electrons. The van der Waals surface area contributed by atoms with Crippen LogP contribution in [0.25, 0.3) is 27.8 Å². The summed E-state index contributed by atoms with van der Waals surface area (Å²) in [4.78, 5) is 28.0. The molecule has 8 nitrogen and oxygen atoms in total. The number of benzene rings is 2. The molecule has 1 aliphatic carbocycles. The Kier molecular flexibility index (Phi) is 6.95. The fraction of sp³-hybridized carbons (Fsp3) is 0.387. The Morgan fingerprint density at radius 1 is 0.949 bits per heavy atom. The predicted octanol–water partition coefficient (Wildman–Crippen LogP) is 6.32. The van der Waals surface area contributed by atoms with E-state index < -0.39 is 5.97 Å². The number of anilines is 1. The number of hydrogen-bond acceptors (Lipinski definition) is 5. The van der Waals surface area contributed by atoms with Gasteiger partial charge in [0.05, 0.1) is 12.0 Å². The average molecular weight is 528 g/mol. The van der Waals surface area contributed by atoms with E-state index in [1.807, 2.05) is 42.5 Å². The van der Waals surface area contributed by atoms with Crippen molar-refractivity contribution in [1.29, 1.82) is 0 Å². The molecule has 8 heteroatoms. The van der Waals surface area contributed by atoms with E-state index in [0.717, 1.165) is 53.5 Å². The number of fused-ring (bicyclic) bond motifs is 1. The maximum absolute atomic E-state index is 13.9. The molecule has 4 aromatic rings. The monoisotopic (exact) mass is 527 g/mol. The van der Waals surface area contributed by atoms with Crippen LogP contribution in [0, 0.1) is 11.8 Å². The highest BCUT2D eigenvalue weighted by molar-refractivity contribution is 6.02.